The van der Waals surface area contributed by atoms with E-state index in [2.05, 4.69) is 16.0 Å². The summed E-state index contributed by atoms with van der Waals surface area (Å²) in [5.74, 6) is -5.45. The first-order valence-corrected chi connectivity index (χ1v) is 10.1. The third kappa shape index (κ3) is 9.30. The Kier molecular flexibility index (Phi) is 11.7. The van der Waals surface area contributed by atoms with Gasteiger partial charge < -0.3 is 37.6 Å². The average Bonchev–Trinajstić information content (AvgIpc) is 2.66. The van der Waals surface area contributed by atoms with Gasteiger partial charge in [0.15, 0.2) is 0 Å². The van der Waals surface area contributed by atoms with E-state index in [0.29, 0.717) is 6.42 Å². The van der Waals surface area contributed by atoms with Gasteiger partial charge >= 0.3 is 5.97 Å². The molecule has 12 heteroatoms. The van der Waals surface area contributed by atoms with Gasteiger partial charge in [-0.1, -0.05) is 34.1 Å². The van der Waals surface area contributed by atoms with Crippen molar-refractivity contribution in [3.63, 3.8) is 0 Å². The van der Waals surface area contributed by atoms with Gasteiger partial charge in [0.25, 0.3) is 0 Å². The van der Waals surface area contributed by atoms with Gasteiger partial charge in [-0.2, -0.15) is 0 Å². The first kappa shape index (κ1) is 28.3. The van der Waals surface area contributed by atoms with Crippen molar-refractivity contribution in [1.82, 2.24) is 16.0 Å². The van der Waals surface area contributed by atoms with Crippen LogP contribution in [0.25, 0.3) is 0 Å². The van der Waals surface area contributed by atoms with Crippen molar-refractivity contribution in [2.75, 3.05) is 0 Å². The summed E-state index contributed by atoms with van der Waals surface area (Å²) in [6.45, 7) is 7.95. The Hall–Kier alpha value is -2.73. The maximum atomic E-state index is 12.8. The van der Waals surface area contributed by atoms with Gasteiger partial charge in [0, 0.05) is 0 Å². The molecule has 4 amide bonds. The zero-order valence-corrected chi connectivity index (χ0v) is 18.5. The first-order chi connectivity index (χ1) is 14.2. The van der Waals surface area contributed by atoms with E-state index in [0.717, 1.165) is 0 Å². The standard InChI is InChI=1S/C19H35N5O7/c1-6-9(4)15(24-17(28)13(21)10(5)25)18(29)22-11(7-12(20)26)16(27)23-14(8(2)3)19(30)31/h8-11,13-15,25H,6-7,21H2,1-5H3,(H2,20,26)(H,22,29)(H,23,27)(H,24,28)(H,30,31). The van der Waals surface area contributed by atoms with Crippen LogP contribution in [0.3, 0.4) is 0 Å². The quantitative estimate of drug-likeness (QED) is 0.165. The van der Waals surface area contributed by atoms with E-state index in [9.17, 15) is 34.2 Å². The predicted octanol–water partition coefficient (Wildman–Crippen LogP) is -2.19. The van der Waals surface area contributed by atoms with E-state index in [1.807, 2.05) is 0 Å². The van der Waals surface area contributed by atoms with Gasteiger partial charge in [-0.15, -0.1) is 0 Å². The summed E-state index contributed by atoms with van der Waals surface area (Å²) in [5.41, 5.74) is 10.8. The average molecular weight is 446 g/mol. The Bertz CT molecular complexity index is 668. The zero-order valence-electron chi connectivity index (χ0n) is 18.5. The van der Waals surface area contributed by atoms with Crippen LogP contribution >= 0.6 is 0 Å². The lowest BCUT2D eigenvalue weighted by Crippen LogP contribution is -2.60. The van der Waals surface area contributed by atoms with Crippen LogP contribution in [0.5, 0.6) is 0 Å². The third-order valence-electron chi connectivity index (χ3n) is 4.88. The second kappa shape index (κ2) is 12.8. The molecular weight excluding hydrogens is 410 g/mol. The van der Waals surface area contributed by atoms with Gasteiger partial charge in [-0.05, 0) is 18.8 Å². The number of hydrogen-bond donors (Lipinski definition) is 7. The highest BCUT2D eigenvalue weighted by Gasteiger charge is 2.34. The van der Waals surface area contributed by atoms with Crippen molar-refractivity contribution in [1.29, 1.82) is 0 Å². The van der Waals surface area contributed by atoms with E-state index in [-0.39, 0.29) is 5.92 Å². The Labute approximate surface area is 181 Å². The molecule has 0 aliphatic carbocycles. The fraction of sp³-hybridized carbons (Fsp3) is 0.737. The minimum absolute atomic E-state index is 0.384. The van der Waals surface area contributed by atoms with E-state index in [1.54, 1.807) is 27.7 Å². The van der Waals surface area contributed by atoms with Gasteiger partial charge in [-0.25, -0.2) is 4.79 Å². The lowest BCUT2D eigenvalue weighted by molar-refractivity contribution is -0.143. The number of aliphatic hydroxyl groups is 1. The summed E-state index contributed by atoms with van der Waals surface area (Å²) in [5, 5.41) is 25.8. The van der Waals surface area contributed by atoms with Gasteiger partial charge in [-0.3, -0.25) is 19.2 Å². The highest BCUT2D eigenvalue weighted by Crippen LogP contribution is 2.10. The molecule has 12 nitrogen and oxygen atoms in total. The lowest BCUT2D eigenvalue weighted by atomic mass is 9.97. The molecule has 0 rings (SSSR count). The molecule has 6 unspecified atom stereocenters. The fourth-order valence-corrected chi connectivity index (χ4v) is 2.61. The third-order valence-corrected chi connectivity index (χ3v) is 4.88. The topological polar surface area (TPSA) is 214 Å². The van der Waals surface area contributed by atoms with E-state index < -0.39 is 72.2 Å². The van der Waals surface area contributed by atoms with Crippen molar-refractivity contribution in [2.45, 2.75) is 77.7 Å². The number of nitrogens with two attached hydrogens (primary N) is 2. The molecule has 0 saturated heterocycles. The molecule has 0 bridgehead atoms. The van der Waals surface area contributed by atoms with Crippen LogP contribution in [0.15, 0.2) is 0 Å². The van der Waals surface area contributed by atoms with Crippen LogP contribution < -0.4 is 27.4 Å². The monoisotopic (exact) mass is 445 g/mol. The Morgan fingerprint density at radius 3 is 1.77 bits per heavy atom. The fourth-order valence-electron chi connectivity index (χ4n) is 2.61. The molecule has 178 valence electrons. The number of carbonyl (C=O) groups excluding carboxylic acids is 4. The molecule has 31 heavy (non-hydrogen) atoms. The van der Waals surface area contributed by atoms with Crippen molar-refractivity contribution in [2.24, 2.45) is 23.3 Å². The van der Waals surface area contributed by atoms with Crippen LogP contribution in [0.2, 0.25) is 0 Å². The molecule has 9 N–H and O–H groups in total. The van der Waals surface area contributed by atoms with Crippen LogP contribution in [-0.4, -0.2) is 70.1 Å². The summed E-state index contributed by atoms with van der Waals surface area (Å²) in [6.07, 6.45) is -1.25. The van der Waals surface area contributed by atoms with E-state index >= 15 is 0 Å². The summed E-state index contributed by atoms with van der Waals surface area (Å²) in [4.78, 5) is 60.4. The van der Waals surface area contributed by atoms with Gasteiger partial charge in [0.05, 0.1) is 12.5 Å². The number of amides is 4. The van der Waals surface area contributed by atoms with E-state index in [1.165, 1.54) is 6.92 Å². The number of carbonyl (C=O) groups is 5. The summed E-state index contributed by atoms with van der Waals surface area (Å²) >= 11 is 0. The largest absolute Gasteiger partial charge is 0.480 e. The predicted molar refractivity (Wildman–Crippen MR) is 111 cm³/mol. The van der Waals surface area contributed by atoms with Crippen molar-refractivity contribution in [3.8, 4) is 0 Å². The molecular formula is C19H35N5O7. The second-order valence-corrected chi connectivity index (χ2v) is 7.94. The minimum Gasteiger partial charge on any atom is -0.480 e. The van der Waals surface area contributed by atoms with Crippen LogP contribution in [0, 0.1) is 11.8 Å². The van der Waals surface area contributed by atoms with Crippen molar-refractivity contribution >= 4 is 29.6 Å². The summed E-state index contributed by atoms with van der Waals surface area (Å²) in [7, 11) is 0. The minimum atomic E-state index is -1.44. The summed E-state index contributed by atoms with van der Waals surface area (Å²) in [6, 6.07) is -5.08. The smallest absolute Gasteiger partial charge is 0.326 e. The molecule has 0 heterocycles. The number of nitrogens with one attached hydrogen (secondary N) is 3. The summed E-state index contributed by atoms with van der Waals surface area (Å²) < 4.78 is 0. The Morgan fingerprint density at radius 2 is 1.39 bits per heavy atom. The molecule has 0 radical (unpaired) electrons. The highest BCUT2D eigenvalue weighted by molar-refractivity contribution is 5.96. The number of primary amides is 1. The number of rotatable bonds is 13. The normalized spacial score (nSPS) is 16.9. The molecule has 0 aromatic carbocycles. The number of carboxylic acid groups (broad SMARTS) is 1. The zero-order chi connectivity index (χ0) is 24.5. The van der Waals surface area contributed by atoms with Crippen LogP contribution in [0.4, 0.5) is 0 Å². The maximum Gasteiger partial charge on any atom is 0.326 e. The molecule has 0 fully saturated rings. The first-order valence-electron chi connectivity index (χ1n) is 10.1. The molecule has 0 aliphatic heterocycles. The van der Waals surface area contributed by atoms with Gasteiger partial charge in [0.2, 0.25) is 23.6 Å². The molecule has 6 atom stereocenters. The van der Waals surface area contributed by atoms with Crippen molar-refractivity contribution < 1.29 is 34.2 Å². The van der Waals surface area contributed by atoms with Crippen LogP contribution in [0.1, 0.15) is 47.5 Å². The Balaban J connectivity index is 5.59. The number of hydrogen-bond acceptors (Lipinski definition) is 7. The second-order valence-electron chi connectivity index (χ2n) is 7.94. The van der Waals surface area contributed by atoms with Crippen molar-refractivity contribution in [3.05, 3.63) is 0 Å². The number of aliphatic hydroxyl groups excluding tert-OH is 1. The lowest BCUT2D eigenvalue weighted by Gasteiger charge is -2.28. The molecule has 0 saturated carbocycles. The SMILES string of the molecule is CCC(C)C(NC(=O)C(N)C(C)O)C(=O)NC(CC(N)=O)C(=O)NC(C(=O)O)C(C)C. The van der Waals surface area contributed by atoms with Crippen LogP contribution in [-0.2, 0) is 24.0 Å². The Morgan fingerprint density at radius 1 is 0.871 bits per heavy atom. The number of carboxylic acids is 1. The van der Waals surface area contributed by atoms with Gasteiger partial charge in [0.1, 0.15) is 24.2 Å². The molecule has 0 aliphatic rings. The number of aliphatic carboxylic acids is 1. The highest BCUT2D eigenvalue weighted by atomic mass is 16.4. The molecule has 0 aromatic rings. The van der Waals surface area contributed by atoms with E-state index in [4.69, 9.17) is 11.5 Å². The maximum absolute atomic E-state index is 12.8. The molecule has 0 spiro atoms. The molecule has 0 aromatic heterocycles.